The second-order valence-electron chi connectivity index (χ2n) is 7.64. The van der Waals surface area contributed by atoms with Crippen LogP contribution in [0.5, 0.6) is 23.0 Å². The Hall–Kier alpha value is -5.22. The molecule has 0 saturated heterocycles. The highest BCUT2D eigenvalue weighted by Crippen LogP contribution is 2.32. The summed E-state index contributed by atoms with van der Waals surface area (Å²) in [7, 11) is 0. The molecule has 38 heavy (non-hydrogen) atoms. The lowest BCUT2D eigenvalue weighted by molar-refractivity contribution is -0.384. The van der Waals surface area contributed by atoms with Crippen LogP contribution in [0.4, 0.5) is 11.4 Å². The SMILES string of the molecule is O=C(N/N=C/c1ccc(Oc2ccc([N+](=O)[O-])cc2Cl)cc1)C(=O)Nc1ccc(Oc2ccccc2)cc1. The maximum atomic E-state index is 12.1. The largest absolute Gasteiger partial charge is 0.457 e. The molecular weight excluding hydrogens is 512 g/mol. The summed E-state index contributed by atoms with van der Waals surface area (Å²) in [5.41, 5.74) is 3.05. The zero-order valence-electron chi connectivity index (χ0n) is 19.5. The molecule has 2 N–H and O–H groups in total. The Morgan fingerprint density at radius 2 is 1.45 bits per heavy atom. The van der Waals surface area contributed by atoms with Crippen LogP contribution < -0.4 is 20.2 Å². The molecule has 0 saturated carbocycles. The van der Waals surface area contributed by atoms with Gasteiger partial charge in [0.05, 0.1) is 16.2 Å². The smallest absolute Gasteiger partial charge is 0.329 e. The maximum absolute atomic E-state index is 12.1. The monoisotopic (exact) mass is 530 g/mol. The fourth-order valence-electron chi connectivity index (χ4n) is 3.07. The van der Waals surface area contributed by atoms with Gasteiger partial charge in [-0.05, 0) is 72.3 Å². The Bertz CT molecular complexity index is 1480. The number of carbonyl (C=O) groups is 2. The Kier molecular flexibility index (Phi) is 8.27. The Balaban J connectivity index is 1.25. The van der Waals surface area contributed by atoms with Gasteiger partial charge in [0.2, 0.25) is 0 Å². The van der Waals surface area contributed by atoms with E-state index in [1.54, 1.807) is 48.5 Å². The third-order valence-corrected chi connectivity index (χ3v) is 5.21. The number of nitrogens with zero attached hydrogens (tertiary/aromatic N) is 2. The summed E-state index contributed by atoms with van der Waals surface area (Å²) in [5.74, 6) is 0.117. The number of rotatable bonds is 8. The van der Waals surface area contributed by atoms with Gasteiger partial charge in [-0.15, -0.1) is 0 Å². The molecule has 0 aliphatic heterocycles. The third kappa shape index (κ3) is 7.15. The average molecular weight is 531 g/mol. The lowest BCUT2D eigenvalue weighted by atomic mass is 10.2. The number of benzene rings is 4. The van der Waals surface area contributed by atoms with E-state index in [1.807, 2.05) is 30.3 Å². The molecule has 2 amide bonds. The lowest BCUT2D eigenvalue weighted by Gasteiger charge is -2.08. The van der Waals surface area contributed by atoms with Crippen LogP contribution in [-0.4, -0.2) is 23.0 Å². The predicted octanol–water partition coefficient (Wildman–Crippen LogP) is 5.92. The highest BCUT2D eigenvalue weighted by atomic mass is 35.5. The van der Waals surface area contributed by atoms with Crippen LogP contribution in [0, 0.1) is 10.1 Å². The predicted molar refractivity (Wildman–Crippen MR) is 142 cm³/mol. The highest BCUT2D eigenvalue weighted by molar-refractivity contribution is 6.39. The molecule has 0 unspecified atom stereocenters. The van der Waals surface area contributed by atoms with Crippen LogP contribution in [0.15, 0.2) is 102 Å². The number of anilines is 1. The van der Waals surface area contributed by atoms with Crippen molar-refractivity contribution in [3.63, 3.8) is 0 Å². The lowest BCUT2D eigenvalue weighted by Crippen LogP contribution is -2.32. The minimum Gasteiger partial charge on any atom is -0.457 e. The first kappa shape index (κ1) is 25.9. The number of nitro benzene ring substituents is 1. The van der Waals surface area contributed by atoms with E-state index in [1.165, 1.54) is 24.4 Å². The molecular formula is C27H19ClN4O6. The average Bonchev–Trinajstić information content (AvgIpc) is 2.92. The summed E-state index contributed by atoms with van der Waals surface area (Å²) in [5, 5.41) is 17.2. The van der Waals surface area contributed by atoms with E-state index in [0.29, 0.717) is 28.5 Å². The fraction of sp³-hybridized carbons (Fsp3) is 0. The third-order valence-electron chi connectivity index (χ3n) is 4.91. The van der Waals surface area contributed by atoms with Gasteiger partial charge in [-0.3, -0.25) is 19.7 Å². The molecule has 0 bridgehead atoms. The van der Waals surface area contributed by atoms with Gasteiger partial charge in [0.25, 0.3) is 5.69 Å². The molecule has 4 rings (SSSR count). The van der Waals surface area contributed by atoms with E-state index in [-0.39, 0.29) is 16.5 Å². The summed E-state index contributed by atoms with van der Waals surface area (Å²) in [6, 6.07) is 26.3. The fourth-order valence-corrected chi connectivity index (χ4v) is 3.28. The van der Waals surface area contributed by atoms with Crippen LogP contribution in [0.25, 0.3) is 0 Å². The van der Waals surface area contributed by atoms with E-state index in [9.17, 15) is 19.7 Å². The Morgan fingerprint density at radius 3 is 2.11 bits per heavy atom. The molecule has 4 aromatic rings. The number of hydrazone groups is 1. The first-order valence-corrected chi connectivity index (χ1v) is 11.4. The van der Waals surface area contributed by atoms with Crippen molar-refractivity contribution in [3.05, 3.63) is 118 Å². The van der Waals surface area contributed by atoms with Crippen molar-refractivity contribution in [2.45, 2.75) is 0 Å². The molecule has 190 valence electrons. The number of nitro groups is 1. The van der Waals surface area contributed by atoms with Gasteiger partial charge in [-0.2, -0.15) is 5.10 Å². The van der Waals surface area contributed by atoms with Crippen LogP contribution in [-0.2, 0) is 9.59 Å². The summed E-state index contributed by atoms with van der Waals surface area (Å²) < 4.78 is 11.3. The van der Waals surface area contributed by atoms with E-state index in [0.717, 1.165) is 0 Å². The summed E-state index contributed by atoms with van der Waals surface area (Å²) in [4.78, 5) is 34.5. The van der Waals surface area contributed by atoms with Crippen molar-refractivity contribution in [1.82, 2.24) is 5.43 Å². The van der Waals surface area contributed by atoms with Gasteiger partial charge < -0.3 is 14.8 Å². The van der Waals surface area contributed by atoms with Crippen LogP contribution in [0.1, 0.15) is 5.56 Å². The standard InChI is InChI=1S/C27H19ClN4O6/c28-24-16-20(32(35)36)10-15-25(24)38-23-11-6-18(7-12-23)17-29-31-27(34)26(33)30-19-8-13-22(14-9-19)37-21-4-2-1-3-5-21/h1-17H,(H,30,33)(H,31,34)/b29-17+. The molecule has 0 atom stereocenters. The molecule has 4 aromatic carbocycles. The number of halogens is 1. The first-order chi connectivity index (χ1) is 18.4. The quantitative estimate of drug-likeness (QED) is 0.126. The molecule has 10 nitrogen and oxygen atoms in total. The first-order valence-electron chi connectivity index (χ1n) is 11.1. The van der Waals surface area contributed by atoms with Crippen molar-refractivity contribution in [3.8, 4) is 23.0 Å². The zero-order valence-corrected chi connectivity index (χ0v) is 20.3. The second-order valence-corrected chi connectivity index (χ2v) is 8.04. The minimum atomic E-state index is -0.946. The van der Waals surface area contributed by atoms with Gasteiger partial charge in [-0.25, -0.2) is 5.43 Å². The molecule has 0 heterocycles. The van der Waals surface area contributed by atoms with E-state index in [2.05, 4.69) is 15.8 Å². The topological polar surface area (TPSA) is 132 Å². The van der Waals surface area contributed by atoms with Crippen molar-refractivity contribution in [1.29, 1.82) is 0 Å². The second kappa shape index (κ2) is 12.2. The number of non-ortho nitro benzene ring substituents is 1. The van der Waals surface area contributed by atoms with Gasteiger partial charge in [-0.1, -0.05) is 29.8 Å². The Labute approximate surface area is 221 Å². The molecule has 0 aliphatic rings. The molecule has 0 aliphatic carbocycles. The molecule has 0 radical (unpaired) electrons. The number of para-hydroxylation sites is 1. The number of nitrogens with one attached hydrogen (secondary N) is 2. The molecule has 0 spiro atoms. The van der Waals surface area contributed by atoms with Crippen molar-refractivity contribution in [2.75, 3.05) is 5.32 Å². The minimum absolute atomic E-state index is 0.0993. The summed E-state index contributed by atoms with van der Waals surface area (Å²) in [6.45, 7) is 0. The van der Waals surface area contributed by atoms with Crippen LogP contribution in [0.2, 0.25) is 5.02 Å². The van der Waals surface area contributed by atoms with E-state index >= 15 is 0 Å². The van der Waals surface area contributed by atoms with Gasteiger partial charge in [0.15, 0.2) is 0 Å². The normalized spacial score (nSPS) is 10.6. The molecule has 0 fully saturated rings. The van der Waals surface area contributed by atoms with Gasteiger partial charge >= 0.3 is 11.8 Å². The van der Waals surface area contributed by atoms with Crippen molar-refractivity contribution >= 4 is 41.0 Å². The summed E-state index contributed by atoms with van der Waals surface area (Å²) >= 11 is 6.04. The number of amides is 2. The van der Waals surface area contributed by atoms with Crippen molar-refractivity contribution in [2.24, 2.45) is 5.10 Å². The van der Waals surface area contributed by atoms with Gasteiger partial charge in [0.1, 0.15) is 23.0 Å². The number of hydrogen-bond donors (Lipinski definition) is 2. The maximum Gasteiger partial charge on any atom is 0.329 e. The van der Waals surface area contributed by atoms with E-state index in [4.69, 9.17) is 21.1 Å². The zero-order chi connectivity index (χ0) is 26.9. The summed E-state index contributed by atoms with van der Waals surface area (Å²) in [6.07, 6.45) is 1.35. The van der Waals surface area contributed by atoms with E-state index < -0.39 is 16.7 Å². The highest BCUT2D eigenvalue weighted by Gasteiger charge is 2.13. The van der Waals surface area contributed by atoms with Crippen molar-refractivity contribution < 1.29 is 24.0 Å². The van der Waals surface area contributed by atoms with Gasteiger partial charge in [0, 0.05) is 17.8 Å². The number of carbonyl (C=O) groups excluding carboxylic acids is 2. The van der Waals surface area contributed by atoms with Crippen LogP contribution >= 0.6 is 11.6 Å². The van der Waals surface area contributed by atoms with Crippen LogP contribution in [0.3, 0.4) is 0 Å². The number of hydrogen-bond acceptors (Lipinski definition) is 7. The Morgan fingerprint density at radius 1 is 0.816 bits per heavy atom. The number of ether oxygens (including phenoxy) is 2. The molecule has 0 aromatic heterocycles. The molecule has 11 heteroatoms.